The number of anilines is 2. The first-order chi connectivity index (χ1) is 13.6. The van der Waals surface area contributed by atoms with Crippen LogP contribution in [0.15, 0.2) is 42.5 Å². The van der Waals surface area contributed by atoms with Crippen molar-refractivity contribution in [2.75, 3.05) is 42.5 Å². The van der Waals surface area contributed by atoms with Crippen LogP contribution in [-0.4, -0.2) is 38.6 Å². The molecule has 0 saturated carbocycles. The van der Waals surface area contributed by atoms with Gasteiger partial charge in [0.05, 0.1) is 6.54 Å². The number of rotatable bonds is 7. The normalized spacial score (nSPS) is 13.6. The minimum Gasteiger partial charge on any atom is -0.370 e. The Kier molecular flexibility index (Phi) is 6.90. The number of nitrogens with one attached hydrogen (secondary N) is 1. The molecule has 150 valence electrons. The van der Waals surface area contributed by atoms with Crippen molar-refractivity contribution in [2.24, 2.45) is 0 Å². The van der Waals surface area contributed by atoms with Gasteiger partial charge in [-0.05, 0) is 74.6 Å². The van der Waals surface area contributed by atoms with Crippen molar-refractivity contribution in [3.05, 3.63) is 59.4 Å². The van der Waals surface area contributed by atoms with Crippen LogP contribution in [0.1, 0.15) is 30.9 Å². The van der Waals surface area contributed by atoms with Gasteiger partial charge in [0.2, 0.25) is 5.91 Å². The lowest BCUT2D eigenvalue weighted by atomic mass is 10.1. The zero-order chi connectivity index (χ0) is 19.9. The van der Waals surface area contributed by atoms with Crippen LogP contribution in [0.2, 0.25) is 0 Å². The number of nitrogens with zero attached hydrogens (tertiary/aromatic N) is 2. The SMILES string of the molecule is CCN(CCNC(=O)CN1CCCCc2cc(F)ccc21)c1cccc(C)c1. The van der Waals surface area contributed by atoms with Crippen molar-refractivity contribution < 1.29 is 9.18 Å². The van der Waals surface area contributed by atoms with Gasteiger partial charge in [0.1, 0.15) is 5.82 Å². The molecule has 0 fully saturated rings. The summed E-state index contributed by atoms with van der Waals surface area (Å²) in [5, 5.41) is 3.05. The first-order valence-corrected chi connectivity index (χ1v) is 10.2. The van der Waals surface area contributed by atoms with Crippen LogP contribution < -0.4 is 15.1 Å². The Morgan fingerprint density at radius 3 is 2.86 bits per heavy atom. The van der Waals surface area contributed by atoms with Gasteiger partial charge < -0.3 is 15.1 Å². The molecule has 0 aromatic heterocycles. The smallest absolute Gasteiger partial charge is 0.239 e. The number of hydrogen-bond donors (Lipinski definition) is 1. The largest absolute Gasteiger partial charge is 0.370 e. The lowest BCUT2D eigenvalue weighted by Gasteiger charge is -2.26. The molecule has 1 amide bonds. The van der Waals surface area contributed by atoms with Crippen LogP contribution in [0.5, 0.6) is 0 Å². The van der Waals surface area contributed by atoms with Crippen LogP contribution in [0.3, 0.4) is 0 Å². The Balaban J connectivity index is 1.54. The molecule has 28 heavy (non-hydrogen) atoms. The predicted molar refractivity (Wildman–Crippen MR) is 114 cm³/mol. The van der Waals surface area contributed by atoms with Gasteiger partial charge in [-0.2, -0.15) is 0 Å². The fourth-order valence-corrected chi connectivity index (χ4v) is 3.82. The number of hydrogen-bond acceptors (Lipinski definition) is 3. The Labute approximate surface area is 167 Å². The molecule has 1 aliphatic rings. The highest BCUT2D eigenvalue weighted by Gasteiger charge is 2.18. The average Bonchev–Trinajstić information content (AvgIpc) is 2.87. The lowest BCUT2D eigenvalue weighted by Crippen LogP contribution is -2.41. The number of aryl methyl sites for hydroxylation is 2. The van der Waals surface area contributed by atoms with E-state index >= 15 is 0 Å². The van der Waals surface area contributed by atoms with Gasteiger partial charge in [0, 0.05) is 37.6 Å². The summed E-state index contributed by atoms with van der Waals surface area (Å²) < 4.78 is 13.6. The monoisotopic (exact) mass is 383 g/mol. The Morgan fingerprint density at radius 2 is 2.07 bits per heavy atom. The van der Waals surface area contributed by atoms with Crippen LogP contribution >= 0.6 is 0 Å². The van der Waals surface area contributed by atoms with Crippen LogP contribution in [-0.2, 0) is 11.2 Å². The van der Waals surface area contributed by atoms with Crippen LogP contribution in [0.25, 0.3) is 0 Å². The van der Waals surface area contributed by atoms with Crippen molar-refractivity contribution in [3.63, 3.8) is 0 Å². The third kappa shape index (κ3) is 5.24. The van der Waals surface area contributed by atoms with E-state index in [9.17, 15) is 9.18 Å². The summed E-state index contributed by atoms with van der Waals surface area (Å²) in [7, 11) is 0. The molecule has 0 radical (unpaired) electrons. The van der Waals surface area contributed by atoms with Gasteiger partial charge in [-0.1, -0.05) is 12.1 Å². The van der Waals surface area contributed by atoms with Crippen molar-refractivity contribution in [2.45, 2.75) is 33.1 Å². The molecule has 3 rings (SSSR count). The lowest BCUT2D eigenvalue weighted by molar-refractivity contribution is -0.119. The third-order valence-electron chi connectivity index (χ3n) is 5.29. The molecule has 1 aliphatic heterocycles. The Hall–Kier alpha value is -2.56. The summed E-state index contributed by atoms with van der Waals surface area (Å²) in [5.74, 6) is -0.196. The number of carbonyl (C=O) groups excluding carboxylic acids is 1. The molecule has 5 heteroatoms. The molecule has 0 bridgehead atoms. The summed E-state index contributed by atoms with van der Waals surface area (Å²) >= 11 is 0. The topological polar surface area (TPSA) is 35.6 Å². The second kappa shape index (κ2) is 9.58. The molecule has 4 nitrogen and oxygen atoms in total. The van der Waals surface area contributed by atoms with E-state index in [1.165, 1.54) is 17.3 Å². The first kappa shape index (κ1) is 20.2. The average molecular weight is 384 g/mol. The van der Waals surface area contributed by atoms with E-state index in [-0.39, 0.29) is 11.7 Å². The van der Waals surface area contributed by atoms with E-state index in [1.807, 2.05) is 0 Å². The molecule has 1 heterocycles. The van der Waals surface area contributed by atoms with Gasteiger partial charge in [-0.25, -0.2) is 4.39 Å². The molecule has 0 spiro atoms. The number of carbonyl (C=O) groups is 1. The zero-order valence-corrected chi connectivity index (χ0v) is 16.9. The van der Waals surface area contributed by atoms with Crippen molar-refractivity contribution >= 4 is 17.3 Å². The number of benzene rings is 2. The van der Waals surface area contributed by atoms with Gasteiger partial charge >= 0.3 is 0 Å². The second-order valence-corrected chi connectivity index (χ2v) is 7.42. The minimum absolute atomic E-state index is 0.0115. The van der Waals surface area contributed by atoms with Crippen molar-refractivity contribution in [3.8, 4) is 0 Å². The molecule has 0 aliphatic carbocycles. The van der Waals surface area contributed by atoms with Crippen LogP contribution in [0.4, 0.5) is 15.8 Å². The number of fused-ring (bicyclic) bond motifs is 1. The second-order valence-electron chi connectivity index (χ2n) is 7.42. The number of halogens is 1. The van der Waals surface area contributed by atoms with Crippen LogP contribution in [0, 0.1) is 12.7 Å². The highest BCUT2D eigenvalue weighted by Crippen LogP contribution is 2.26. The summed E-state index contributed by atoms with van der Waals surface area (Å²) in [6.45, 7) is 7.62. The Morgan fingerprint density at radius 1 is 1.21 bits per heavy atom. The summed E-state index contributed by atoms with van der Waals surface area (Å²) in [6, 6.07) is 13.3. The maximum Gasteiger partial charge on any atom is 0.239 e. The van der Waals surface area contributed by atoms with Crippen molar-refractivity contribution in [1.29, 1.82) is 0 Å². The van der Waals surface area contributed by atoms with E-state index in [4.69, 9.17) is 0 Å². The van der Waals surface area contributed by atoms with E-state index < -0.39 is 0 Å². The fourth-order valence-electron chi connectivity index (χ4n) is 3.82. The predicted octanol–water partition coefficient (Wildman–Crippen LogP) is 3.92. The molecular weight excluding hydrogens is 353 g/mol. The highest BCUT2D eigenvalue weighted by atomic mass is 19.1. The summed E-state index contributed by atoms with van der Waals surface area (Å²) in [4.78, 5) is 16.9. The Bertz CT molecular complexity index is 808. The maximum absolute atomic E-state index is 13.6. The fraction of sp³-hybridized carbons (Fsp3) is 0.435. The molecular formula is C23H30FN3O. The molecule has 2 aromatic rings. The third-order valence-corrected chi connectivity index (χ3v) is 5.29. The number of likely N-dealkylation sites (N-methyl/N-ethyl adjacent to an activating group) is 1. The molecule has 0 unspecified atom stereocenters. The summed E-state index contributed by atoms with van der Waals surface area (Å²) in [5.41, 5.74) is 4.40. The van der Waals surface area contributed by atoms with Gasteiger partial charge in [0.15, 0.2) is 0 Å². The quantitative estimate of drug-likeness (QED) is 0.787. The van der Waals surface area contributed by atoms with Gasteiger partial charge in [-0.3, -0.25) is 4.79 Å². The van der Waals surface area contributed by atoms with Gasteiger partial charge in [-0.15, -0.1) is 0 Å². The molecule has 2 aromatic carbocycles. The zero-order valence-electron chi connectivity index (χ0n) is 16.9. The molecule has 0 saturated heterocycles. The summed E-state index contributed by atoms with van der Waals surface area (Å²) in [6.07, 6.45) is 2.91. The highest BCUT2D eigenvalue weighted by molar-refractivity contribution is 5.81. The molecule has 0 atom stereocenters. The minimum atomic E-state index is -0.208. The number of amides is 1. The van der Waals surface area contributed by atoms with Crippen molar-refractivity contribution in [1.82, 2.24) is 5.32 Å². The van der Waals surface area contributed by atoms with E-state index in [2.05, 4.69) is 53.2 Å². The van der Waals surface area contributed by atoms with E-state index in [1.54, 1.807) is 12.1 Å². The standard InChI is InChI=1S/C23H30FN3O/c1-3-26(21-9-6-7-18(2)15-21)14-12-25-23(28)17-27-13-5-4-8-19-16-20(24)10-11-22(19)27/h6-7,9-11,15-16H,3-5,8,12-14,17H2,1-2H3,(H,25,28). The first-order valence-electron chi connectivity index (χ1n) is 10.2. The van der Waals surface area contributed by atoms with E-state index in [0.717, 1.165) is 50.1 Å². The van der Waals surface area contributed by atoms with E-state index in [0.29, 0.717) is 13.1 Å². The van der Waals surface area contributed by atoms with Gasteiger partial charge in [0.25, 0.3) is 0 Å². The molecule has 1 N–H and O–H groups in total. The maximum atomic E-state index is 13.6.